The van der Waals surface area contributed by atoms with Gasteiger partial charge in [0.15, 0.2) is 0 Å². The van der Waals surface area contributed by atoms with Gasteiger partial charge in [-0.25, -0.2) is 10.4 Å². The predicted octanol–water partition coefficient (Wildman–Crippen LogP) is 3.38. The van der Waals surface area contributed by atoms with Gasteiger partial charge in [0.2, 0.25) is 5.95 Å². The first kappa shape index (κ1) is 15.3. The Morgan fingerprint density at radius 2 is 2.04 bits per heavy atom. The summed E-state index contributed by atoms with van der Waals surface area (Å²) in [7, 11) is 0. The Bertz CT molecular complexity index is 969. The Balaban J connectivity index is 1.88. The summed E-state index contributed by atoms with van der Waals surface area (Å²) in [5, 5.41) is 14.7. The zero-order valence-electron chi connectivity index (χ0n) is 11.5. The summed E-state index contributed by atoms with van der Waals surface area (Å²) < 4.78 is 0. The number of nitrogens with zero attached hydrogens (tertiary/aromatic N) is 2. The first-order valence-corrected chi connectivity index (χ1v) is 7.26. The average molecular weight is 349 g/mol. The molecule has 0 unspecified atom stereocenters. The van der Waals surface area contributed by atoms with E-state index in [-0.39, 0.29) is 22.3 Å². The van der Waals surface area contributed by atoms with Gasteiger partial charge in [0, 0.05) is 10.6 Å². The number of rotatable bonds is 3. The fraction of sp³-hybridized carbons (Fsp3) is 0. The summed E-state index contributed by atoms with van der Waals surface area (Å²) in [6.07, 6.45) is 1.32. The summed E-state index contributed by atoms with van der Waals surface area (Å²) in [6, 6.07) is 9.88. The molecular weight excluding hydrogens is 339 g/mol. The van der Waals surface area contributed by atoms with Crippen LogP contribution < -0.4 is 11.0 Å². The molecule has 116 valence electrons. The number of H-pyrrole nitrogens is 1. The SMILES string of the molecule is O=c1[nH]c(N/N=C/c2cc(Cl)cc(Cl)c2O)nc2ccccc12. The van der Waals surface area contributed by atoms with Crippen molar-refractivity contribution >= 4 is 46.3 Å². The van der Waals surface area contributed by atoms with Crippen LogP contribution in [0.15, 0.2) is 46.3 Å². The molecule has 23 heavy (non-hydrogen) atoms. The number of aromatic amines is 1. The molecule has 0 aliphatic heterocycles. The number of aromatic hydroxyl groups is 1. The molecule has 8 heteroatoms. The minimum atomic E-state index is -0.276. The van der Waals surface area contributed by atoms with Gasteiger partial charge in [-0.3, -0.25) is 9.78 Å². The molecule has 6 nitrogen and oxygen atoms in total. The number of hydrogen-bond donors (Lipinski definition) is 3. The molecule has 1 heterocycles. The second-order valence-electron chi connectivity index (χ2n) is 4.63. The maximum atomic E-state index is 11.9. The predicted molar refractivity (Wildman–Crippen MR) is 91.7 cm³/mol. The van der Waals surface area contributed by atoms with Crippen LogP contribution >= 0.6 is 23.2 Å². The number of hydrazone groups is 1. The largest absolute Gasteiger partial charge is 0.506 e. The van der Waals surface area contributed by atoms with Gasteiger partial charge >= 0.3 is 0 Å². The first-order valence-electron chi connectivity index (χ1n) is 6.51. The Kier molecular flexibility index (Phi) is 4.18. The molecule has 0 aliphatic rings. The standard InChI is InChI=1S/C15H10Cl2N4O2/c16-9-5-8(13(22)11(17)6-9)7-18-21-15-19-12-4-2-1-3-10(12)14(23)20-15/h1-7,22H,(H2,19,20,21,23)/b18-7+. The van der Waals surface area contributed by atoms with Gasteiger partial charge in [0.25, 0.3) is 5.56 Å². The number of nitrogens with one attached hydrogen (secondary N) is 2. The van der Waals surface area contributed by atoms with Crippen molar-refractivity contribution in [1.82, 2.24) is 9.97 Å². The smallest absolute Gasteiger partial charge is 0.260 e. The molecule has 2 aromatic carbocycles. The number of aromatic nitrogens is 2. The van der Waals surface area contributed by atoms with E-state index < -0.39 is 0 Å². The molecule has 3 rings (SSSR count). The normalized spacial score (nSPS) is 11.2. The van der Waals surface area contributed by atoms with E-state index in [1.165, 1.54) is 18.3 Å². The highest BCUT2D eigenvalue weighted by Crippen LogP contribution is 2.29. The number of halogens is 2. The average Bonchev–Trinajstić information content (AvgIpc) is 2.52. The van der Waals surface area contributed by atoms with Gasteiger partial charge in [-0.1, -0.05) is 35.3 Å². The number of anilines is 1. The van der Waals surface area contributed by atoms with E-state index >= 15 is 0 Å². The van der Waals surface area contributed by atoms with Crippen LogP contribution in [0, 0.1) is 0 Å². The molecule has 0 spiro atoms. The van der Waals surface area contributed by atoms with Crippen LogP contribution in [0.3, 0.4) is 0 Å². The number of phenols is 1. The van der Waals surface area contributed by atoms with E-state index in [0.717, 1.165) is 0 Å². The third-order valence-corrected chi connectivity index (χ3v) is 3.55. The summed E-state index contributed by atoms with van der Waals surface area (Å²) in [4.78, 5) is 18.7. The monoisotopic (exact) mass is 348 g/mol. The number of fused-ring (bicyclic) bond motifs is 1. The molecular formula is C15H10Cl2N4O2. The number of hydrogen-bond acceptors (Lipinski definition) is 5. The summed E-state index contributed by atoms with van der Waals surface area (Å²) in [6.45, 7) is 0. The zero-order chi connectivity index (χ0) is 16.4. The molecule has 0 fully saturated rings. The third kappa shape index (κ3) is 3.28. The fourth-order valence-corrected chi connectivity index (χ4v) is 2.50. The first-order chi connectivity index (χ1) is 11.0. The quantitative estimate of drug-likeness (QED) is 0.499. The lowest BCUT2D eigenvalue weighted by Gasteiger charge is -2.03. The molecule has 0 radical (unpaired) electrons. The lowest BCUT2D eigenvalue weighted by Crippen LogP contribution is -2.10. The Hall–Kier alpha value is -2.57. The molecule has 0 atom stereocenters. The van der Waals surface area contributed by atoms with Gasteiger partial charge in [-0.2, -0.15) is 5.10 Å². The van der Waals surface area contributed by atoms with E-state index in [1.807, 2.05) is 0 Å². The summed E-state index contributed by atoms with van der Waals surface area (Å²) >= 11 is 11.7. The maximum Gasteiger partial charge on any atom is 0.260 e. The van der Waals surface area contributed by atoms with Crippen molar-refractivity contribution in [2.24, 2.45) is 5.10 Å². The van der Waals surface area contributed by atoms with Gasteiger partial charge in [0.1, 0.15) is 5.75 Å². The van der Waals surface area contributed by atoms with Crippen LogP contribution in [0.2, 0.25) is 10.0 Å². The minimum Gasteiger partial charge on any atom is -0.506 e. The molecule has 0 amide bonds. The van der Waals surface area contributed by atoms with E-state index in [1.54, 1.807) is 24.3 Å². The summed E-state index contributed by atoms with van der Waals surface area (Å²) in [5.41, 5.74) is 3.20. The highest BCUT2D eigenvalue weighted by Gasteiger charge is 2.06. The van der Waals surface area contributed by atoms with E-state index in [4.69, 9.17) is 23.2 Å². The van der Waals surface area contributed by atoms with Crippen LogP contribution in [0.4, 0.5) is 5.95 Å². The van der Waals surface area contributed by atoms with E-state index in [0.29, 0.717) is 21.5 Å². The molecule has 0 bridgehead atoms. The Morgan fingerprint density at radius 1 is 1.26 bits per heavy atom. The molecule has 3 N–H and O–H groups in total. The zero-order valence-corrected chi connectivity index (χ0v) is 13.1. The van der Waals surface area contributed by atoms with Crippen LogP contribution in [0.5, 0.6) is 5.75 Å². The Labute approximate surface area is 140 Å². The van der Waals surface area contributed by atoms with Crippen molar-refractivity contribution in [3.8, 4) is 5.75 Å². The lowest BCUT2D eigenvalue weighted by atomic mass is 10.2. The number of para-hydroxylation sites is 1. The topological polar surface area (TPSA) is 90.4 Å². The van der Waals surface area contributed by atoms with Crippen molar-refractivity contribution in [3.05, 3.63) is 62.4 Å². The van der Waals surface area contributed by atoms with Crippen molar-refractivity contribution < 1.29 is 5.11 Å². The number of phenolic OH excluding ortho intramolecular Hbond substituents is 1. The van der Waals surface area contributed by atoms with Crippen LogP contribution in [0.1, 0.15) is 5.56 Å². The van der Waals surface area contributed by atoms with Crippen LogP contribution in [0.25, 0.3) is 10.9 Å². The molecule has 1 aromatic heterocycles. The van der Waals surface area contributed by atoms with Gasteiger partial charge < -0.3 is 5.11 Å². The van der Waals surface area contributed by atoms with E-state index in [2.05, 4.69) is 20.5 Å². The highest BCUT2D eigenvalue weighted by molar-refractivity contribution is 6.36. The van der Waals surface area contributed by atoms with Crippen LogP contribution in [-0.2, 0) is 0 Å². The fourth-order valence-electron chi connectivity index (χ4n) is 1.99. The molecule has 0 aliphatic carbocycles. The van der Waals surface area contributed by atoms with Crippen molar-refractivity contribution in [1.29, 1.82) is 0 Å². The Morgan fingerprint density at radius 3 is 2.87 bits per heavy atom. The molecule has 3 aromatic rings. The molecule has 0 saturated heterocycles. The van der Waals surface area contributed by atoms with E-state index in [9.17, 15) is 9.90 Å². The minimum absolute atomic E-state index is 0.121. The maximum absolute atomic E-state index is 11.9. The second kappa shape index (κ2) is 6.28. The van der Waals surface area contributed by atoms with Gasteiger partial charge in [0.05, 0.1) is 22.1 Å². The van der Waals surface area contributed by atoms with Gasteiger partial charge in [-0.05, 0) is 24.3 Å². The third-order valence-electron chi connectivity index (χ3n) is 3.04. The second-order valence-corrected chi connectivity index (χ2v) is 5.47. The molecule has 0 saturated carbocycles. The van der Waals surface area contributed by atoms with Crippen LogP contribution in [-0.4, -0.2) is 21.3 Å². The lowest BCUT2D eigenvalue weighted by molar-refractivity contribution is 0.475. The highest BCUT2D eigenvalue weighted by atomic mass is 35.5. The van der Waals surface area contributed by atoms with Crippen molar-refractivity contribution in [2.45, 2.75) is 0 Å². The van der Waals surface area contributed by atoms with Crippen molar-refractivity contribution in [2.75, 3.05) is 5.43 Å². The number of benzene rings is 2. The van der Waals surface area contributed by atoms with Gasteiger partial charge in [-0.15, -0.1) is 0 Å². The summed E-state index contributed by atoms with van der Waals surface area (Å²) in [5.74, 6) is 0.0409. The van der Waals surface area contributed by atoms with Crippen molar-refractivity contribution in [3.63, 3.8) is 0 Å².